The molecular formula is CrO4Ta. The molecule has 0 aromatic carbocycles. The summed E-state index contributed by atoms with van der Waals surface area (Å²) in [5.74, 6) is 0. The second kappa shape index (κ2) is 129. The van der Waals surface area contributed by atoms with E-state index in [9.17, 15) is 0 Å². The monoisotopic (exact) mass is 297 g/mol. The molecular weight excluding hydrogens is 297 g/mol. The second-order valence-electron chi connectivity index (χ2n) is 0. The molecule has 35 valence electrons. The van der Waals surface area contributed by atoms with Gasteiger partial charge in [-0.1, -0.05) is 0 Å². The van der Waals surface area contributed by atoms with Gasteiger partial charge < -0.3 is 21.9 Å². The van der Waals surface area contributed by atoms with Gasteiger partial charge in [-0.05, 0) is 0 Å². The smallest absolute Gasteiger partial charge is 2.00 e. The van der Waals surface area contributed by atoms with E-state index in [0.717, 1.165) is 0 Å². The molecule has 6 heteroatoms. The Hall–Kier alpha value is 1.11. The van der Waals surface area contributed by atoms with E-state index in [-0.39, 0.29) is 61.6 Å². The van der Waals surface area contributed by atoms with Crippen LogP contribution in [0.25, 0.3) is 0 Å². The molecule has 0 fully saturated rings. The molecule has 0 aromatic rings. The van der Waals surface area contributed by atoms with Crippen LogP contribution in [-0.4, -0.2) is 0 Å². The number of rotatable bonds is 0. The van der Waals surface area contributed by atoms with Crippen molar-refractivity contribution in [3.05, 3.63) is 0 Å². The van der Waals surface area contributed by atoms with Crippen LogP contribution in [0.15, 0.2) is 0 Å². The minimum Gasteiger partial charge on any atom is -2.00 e. The predicted molar refractivity (Wildman–Crippen MR) is 2.75 cm³/mol. The summed E-state index contributed by atoms with van der Waals surface area (Å²) < 4.78 is 0. The maximum atomic E-state index is 0. The van der Waals surface area contributed by atoms with Crippen molar-refractivity contribution in [1.29, 1.82) is 0 Å². The normalized spacial score (nSPS) is 0. The van der Waals surface area contributed by atoms with E-state index < -0.39 is 0 Å². The first kappa shape index (κ1) is 215. The van der Waals surface area contributed by atoms with Crippen LogP contribution in [-0.2, 0) is 61.6 Å². The summed E-state index contributed by atoms with van der Waals surface area (Å²) in [5, 5.41) is 0. The Labute approximate surface area is 61.8 Å². The Bertz CT molecular complexity index is 7.51. The molecule has 0 aliphatic rings. The summed E-state index contributed by atoms with van der Waals surface area (Å²) in [4.78, 5) is 0. The maximum Gasteiger partial charge on any atom is 5.00 e. The fraction of sp³-hybridized carbons (Fsp3) is 0. The van der Waals surface area contributed by atoms with Gasteiger partial charge >= 0.3 is 39.7 Å². The molecule has 0 rings (SSSR count). The van der Waals surface area contributed by atoms with Crippen LogP contribution >= 0.6 is 0 Å². The van der Waals surface area contributed by atoms with Gasteiger partial charge in [-0.25, -0.2) is 0 Å². The number of hydrogen-bond donors (Lipinski definition) is 0. The maximum absolute atomic E-state index is 0. The first-order valence-electron chi connectivity index (χ1n) is 0. The molecule has 0 amide bonds. The van der Waals surface area contributed by atoms with Crippen LogP contribution in [0.4, 0.5) is 0 Å². The van der Waals surface area contributed by atoms with Crippen LogP contribution < -0.4 is 0 Å². The van der Waals surface area contributed by atoms with Gasteiger partial charge in [-0.3, -0.25) is 0 Å². The fourth-order valence-electron chi connectivity index (χ4n) is 0. The van der Waals surface area contributed by atoms with Crippen molar-refractivity contribution in [2.75, 3.05) is 0 Å². The fourth-order valence-corrected chi connectivity index (χ4v) is 0. The quantitative estimate of drug-likeness (QED) is 0.574. The summed E-state index contributed by atoms with van der Waals surface area (Å²) in [6.45, 7) is 0. The zero-order valence-corrected chi connectivity index (χ0v) is 6.98. The van der Waals surface area contributed by atoms with Gasteiger partial charge in [0.1, 0.15) is 0 Å². The van der Waals surface area contributed by atoms with E-state index in [1.807, 2.05) is 0 Å². The summed E-state index contributed by atoms with van der Waals surface area (Å²) >= 11 is 0. The molecule has 0 spiro atoms. The molecule has 0 atom stereocenters. The van der Waals surface area contributed by atoms with E-state index >= 15 is 0 Å². The van der Waals surface area contributed by atoms with Gasteiger partial charge in [0.25, 0.3) is 0 Å². The molecule has 0 aliphatic heterocycles. The van der Waals surface area contributed by atoms with E-state index in [0.29, 0.717) is 0 Å². The first-order chi connectivity index (χ1) is 0. The zero-order valence-electron chi connectivity index (χ0n) is 2.49. The van der Waals surface area contributed by atoms with Crippen molar-refractivity contribution in [3.63, 3.8) is 0 Å². The predicted octanol–water partition coefficient (Wildman–Crippen LogP) is -0.480. The SMILES string of the molecule is [Cr+3].[O-2].[O-2].[O-2].[O-2].[Ta+5]. The third-order valence-electron chi connectivity index (χ3n) is 0. The molecule has 0 bridgehead atoms. The standard InChI is InChI=1S/Cr.4O.Ta/q+3;4*-2;+5. The average molecular weight is 297 g/mol. The van der Waals surface area contributed by atoms with Gasteiger partial charge in [0, 0.05) is 0 Å². The van der Waals surface area contributed by atoms with Crippen LogP contribution in [0.3, 0.4) is 0 Å². The van der Waals surface area contributed by atoms with Gasteiger partial charge in [-0.15, -0.1) is 0 Å². The van der Waals surface area contributed by atoms with Crippen LogP contribution in [0.2, 0.25) is 0 Å². The van der Waals surface area contributed by atoms with E-state index in [1.54, 1.807) is 0 Å². The van der Waals surface area contributed by atoms with Crippen LogP contribution in [0.1, 0.15) is 0 Å². The minimum absolute atomic E-state index is 0. The van der Waals surface area contributed by atoms with E-state index in [4.69, 9.17) is 0 Å². The number of hydrogen-bond acceptors (Lipinski definition) is 0. The van der Waals surface area contributed by atoms with E-state index in [1.165, 1.54) is 0 Å². The summed E-state index contributed by atoms with van der Waals surface area (Å²) in [5.41, 5.74) is 0. The van der Waals surface area contributed by atoms with Gasteiger partial charge in [0.2, 0.25) is 0 Å². The van der Waals surface area contributed by atoms with Gasteiger partial charge in [0.15, 0.2) is 0 Å². The molecule has 0 saturated carbocycles. The molecule has 1 radical (unpaired) electrons. The third kappa shape index (κ3) is 69.8. The van der Waals surface area contributed by atoms with Crippen LogP contribution in [0.5, 0.6) is 0 Å². The topological polar surface area (TPSA) is 114 Å². The Kier molecular flexibility index (Phi) is 4620. The first-order valence-corrected chi connectivity index (χ1v) is 0. The Morgan fingerprint density at radius 1 is 0.500 bits per heavy atom. The average Bonchev–Trinajstić information content (AvgIpc) is 0. The van der Waals surface area contributed by atoms with Crippen molar-refractivity contribution in [2.45, 2.75) is 0 Å². The van der Waals surface area contributed by atoms with Crippen molar-refractivity contribution < 1.29 is 61.6 Å². The Morgan fingerprint density at radius 3 is 0.500 bits per heavy atom. The molecule has 0 N–H and O–H groups in total. The van der Waals surface area contributed by atoms with Crippen LogP contribution in [0, 0.1) is 0 Å². The van der Waals surface area contributed by atoms with Crippen molar-refractivity contribution in [3.8, 4) is 0 Å². The van der Waals surface area contributed by atoms with Gasteiger partial charge in [-0.2, -0.15) is 0 Å². The van der Waals surface area contributed by atoms with Gasteiger partial charge in [0.05, 0.1) is 0 Å². The molecule has 0 unspecified atom stereocenters. The van der Waals surface area contributed by atoms with E-state index in [2.05, 4.69) is 0 Å². The Balaban J connectivity index is 0. The largest absolute Gasteiger partial charge is 5.00 e. The van der Waals surface area contributed by atoms with Crippen molar-refractivity contribution >= 4 is 0 Å². The molecule has 4 nitrogen and oxygen atoms in total. The second-order valence-corrected chi connectivity index (χ2v) is 0. The Morgan fingerprint density at radius 2 is 0.500 bits per heavy atom. The molecule has 0 heterocycles. The molecule has 0 saturated heterocycles. The van der Waals surface area contributed by atoms with Crippen molar-refractivity contribution in [2.24, 2.45) is 0 Å². The van der Waals surface area contributed by atoms with Crippen molar-refractivity contribution in [1.82, 2.24) is 0 Å². The summed E-state index contributed by atoms with van der Waals surface area (Å²) in [7, 11) is 0. The minimum atomic E-state index is 0. The zero-order chi connectivity index (χ0) is 0. The molecule has 0 aromatic heterocycles. The summed E-state index contributed by atoms with van der Waals surface area (Å²) in [6, 6.07) is 0. The molecule has 0 aliphatic carbocycles. The third-order valence-corrected chi connectivity index (χ3v) is 0. The molecule has 6 heavy (non-hydrogen) atoms. The summed E-state index contributed by atoms with van der Waals surface area (Å²) in [6.07, 6.45) is 0.